The zero-order valence-corrected chi connectivity index (χ0v) is 18.5. The van der Waals surface area contributed by atoms with Gasteiger partial charge in [0.2, 0.25) is 12.7 Å². The van der Waals surface area contributed by atoms with Crippen molar-refractivity contribution in [1.29, 1.82) is 0 Å². The molecule has 7 heteroatoms. The summed E-state index contributed by atoms with van der Waals surface area (Å²) in [5.74, 6) is 1.38. The van der Waals surface area contributed by atoms with Gasteiger partial charge >= 0.3 is 0 Å². The van der Waals surface area contributed by atoms with Gasteiger partial charge in [0.1, 0.15) is 11.8 Å². The van der Waals surface area contributed by atoms with Crippen molar-refractivity contribution in [1.82, 2.24) is 10.2 Å². The Kier molecular flexibility index (Phi) is 6.35. The number of rotatable bonds is 1. The van der Waals surface area contributed by atoms with Crippen molar-refractivity contribution in [3.05, 3.63) is 65.7 Å². The quantitative estimate of drug-likeness (QED) is 0.687. The fourth-order valence-electron chi connectivity index (χ4n) is 3.77. The van der Waals surface area contributed by atoms with Crippen molar-refractivity contribution in [3.63, 3.8) is 0 Å². The highest BCUT2D eigenvalue weighted by molar-refractivity contribution is 5.99. The average molecular weight is 437 g/mol. The highest BCUT2D eigenvalue weighted by Gasteiger charge is 2.28. The minimum absolute atomic E-state index is 0.107. The maximum absolute atomic E-state index is 13.2. The molecule has 0 fully saturated rings. The fourth-order valence-corrected chi connectivity index (χ4v) is 3.77. The summed E-state index contributed by atoms with van der Waals surface area (Å²) in [5.41, 5.74) is 1.35. The van der Waals surface area contributed by atoms with Crippen LogP contribution >= 0.6 is 0 Å². The molecule has 168 valence electrons. The van der Waals surface area contributed by atoms with Crippen LogP contribution in [0.2, 0.25) is 0 Å². The second kappa shape index (κ2) is 9.34. The number of amides is 2. The van der Waals surface area contributed by atoms with E-state index < -0.39 is 6.04 Å². The summed E-state index contributed by atoms with van der Waals surface area (Å²) in [4.78, 5) is 27.7. The first-order valence-electron chi connectivity index (χ1n) is 10.8. The van der Waals surface area contributed by atoms with Gasteiger partial charge in [0, 0.05) is 13.5 Å². The molecule has 2 aliphatic rings. The molecule has 7 nitrogen and oxygen atoms in total. The van der Waals surface area contributed by atoms with E-state index in [1.54, 1.807) is 32.2 Å². The number of nitrogens with one attached hydrogen (secondary N) is 1. The summed E-state index contributed by atoms with van der Waals surface area (Å²) in [6, 6.07) is 11.9. The smallest absolute Gasteiger partial charge is 0.258 e. The Hall–Kier alpha value is -3.48. The summed E-state index contributed by atoms with van der Waals surface area (Å²) in [7, 11) is 1.63. The third-order valence-electron chi connectivity index (χ3n) is 5.85. The maximum Gasteiger partial charge on any atom is 0.258 e. The molecular formula is C25H28N2O5. The Morgan fingerprint density at radius 3 is 2.53 bits per heavy atom. The monoisotopic (exact) mass is 436 g/mol. The SMILES string of the molecule is C[C@@H]1C(=O)N[C@@H](c2ccc3c(c2)OCO3)C/C=C/C[C@H](C)Oc2ccccc2C(=O)N1C. The van der Waals surface area contributed by atoms with Gasteiger partial charge in [-0.05, 0) is 50.1 Å². The molecule has 0 spiro atoms. The highest BCUT2D eigenvalue weighted by atomic mass is 16.7. The third-order valence-corrected chi connectivity index (χ3v) is 5.85. The second-order valence-electron chi connectivity index (χ2n) is 8.13. The van der Waals surface area contributed by atoms with Crippen molar-refractivity contribution in [3.8, 4) is 17.2 Å². The number of fused-ring (bicyclic) bond motifs is 2. The van der Waals surface area contributed by atoms with E-state index in [1.165, 1.54) is 4.90 Å². The van der Waals surface area contributed by atoms with Crippen LogP contribution in [-0.2, 0) is 4.79 Å². The third kappa shape index (κ3) is 4.56. The molecule has 1 N–H and O–H groups in total. The van der Waals surface area contributed by atoms with E-state index in [2.05, 4.69) is 5.32 Å². The van der Waals surface area contributed by atoms with Crippen LogP contribution in [0, 0.1) is 0 Å². The topological polar surface area (TPSA) is 77.1 Å². The van der Waals surface area contributed by atoms with Gasteiger partial charge in [0.15, 0.2) is 11.5 Å². The minimum atomic E-state index is -0.670. The Morgan fingerprint density at radius 1 is 0.938 bits per heavy atom. The van der Waals surface area contributed by atoms with Crippen LogP contribution in [0.1, 0.15) is 48.7 Å². The maximum atomic E-state index is 13.2. The van der Waals surface area contributed by atoms with Crippen LogP contribution in [0.25, 0.3) is 0 Å². The Bertz CT molecular complexity index is 1030. The van der Waals surface area contributed by atoms with Gasteiger partial charge in [-0.2, -0.15) is 0 Å². The largest absolute Gasteiger partial charge is 0.490 e. The molecule has 32 heavy (non-hydrogen) atoms. The van der Waals surface area contributed by atoms with E-state index in [-0.39, 0.29) is 30.8 Å². The molecule has 3 atom stereocenters. The fraction of sp³-hybridized carbons (Fsp3) is 0.360. The van der Waals surface area contributed by atoms with Gasteiger partial charge in [0.25, 0.3) is 5.91 Å². The van der Waals surface area contributed by atoms with Crippen LogP contribution in [-0.4, -0.2) is 42.7 Å². The lowest BCUT2D eigenvalue weighted by Gasteiger charge is -2.28. The number of likely N-dealkylation sites (N-methyl/N-ethyl adjacent to an activating group) is 1. The van der Waals surface area contributed by atoms with Crippen molar-refractivity contribution in [2.45, 2.75) is 44.9 Å². The number of nitrogens with zero attached hydrogens (tertiary/aromatic N) is 1. The number of hydrogen-bond acceptors (Lipinski definition) is 5. The average Bonchev–Trinajstić information content (AvgIpc) is 3.27. The van der Waals surface area contributed by atoms with E-state index in [4.69, 9.17) is 14.2 Å². The van der Waals surface area contributed by atoms with E-state index in [0.29, 0.717) is 35.7 Å². The molecular weight excluding hydrogens is 408 g/mol. The van der Waals surface area contributed by atoms with E-state index in [1.807, 2.05) is 43.3 Å². The summed E-state index contributed by atoms with van der Waals surface area (Å²) < 4.78 is 17.0. The van der Waals surface area contributed by atoms with E-state index in [9.17, 15) is 9.59 Å². The van der Waals surface area contributed by atoms with Gasteiger partial charge in [-0.3, -0.25) is 9.59 Å². The number of carbonyl (C=O) groups is 2. The Labute approximate surface area is 188 Å². The molecule has 2 aromatic carbocycles. The number of para-hydroxylation sites is 1. The van der Waals surface area contributed by atoms with E-state index >= 15 is 0 Å². The first-order valence-corrected chi connectivity index (χ1v) is 10.8. The standard InChI is InChI=1S/C25H28N2O5/c1-16-8-4-6-10-20(18-12-13-22-23(14-18)31-15-30-22)26-24(28)17(2)27(3)25(29)19-9-5-7-11-21(19)32-16/h4-7,9,11-14,16-17,20H,8,10,15H2,1-3H3,(H,26,28)/b6-4+/t16-,17+,20+/m0/s1. The molecule has 0 aliphatic carbocycles. The number of carbonyl (C=O) groups excluding carboxylic acids is 2. The van der Waals surface area contributed by atoms with Gasteiger partial charge in [-0.25, -0.2) is 0 Å². The van der Waals surface area contributed by atoms with Crippen molar-refractivity contribution >= 4 is 11.8 Å². The lowest BCUT2D eigenvalue weighted by molar-refractivity contribution is -0.125. The molecule has 2 aliphatic heterocycles. The number of benzene rings is 2. The van der Waals surface area contributed by atoms with Crippen LogP contribution in [0.3, 0.4) is 0 Å². The molecule has 2 amide bonds. The molecule has 0 saturated carbocycles. The summed E-state index contributed by atoms with van der Waals surface area (Å²) >= 11 is 0. The van der Waals surface area contributed by atoms with Gasteiger partial charge in [-0.1, -0.05) is 30.4 Å². The number of hydrogen-bond donors (Lipinski definition) is 1. The van der Waals surface area contributed by atoms with Gasteiger partial charge < -0.3 is 24.4 Å². The summed E-state index contributed by atoms with van der Waals surface area (Å²) in [6.07, 6.45) is 5.26. The van der Waals surface area contributed by atoms with Crippen LogP contribution in [0.15, 0.2) is 54.6 Å². The van der Waals surface area contributed by atoms with Gasteiger partial charge in [0.05, 0.1) is 17.7 Å². The summed E-state index contributed by atoms with van der Waals surface area (Å²) in [5, 5.41) is 3.10. The molecule has 0 bridgehead atoms. The van der Waals surface area contributed by atoms with Crippen molar-refractivity contribution in [2.75, 3.05) is 13.8 Å². The van der Waals surface area contributed by atoms with Crippen LogP contribution in [0.5, 0.6) is 17.2 Å². The second-order valence-corrected chi connectivity index (χ2v) is 8.13. The number of ether oxygens (including phenoxy) is 3. The van der Waals surface area contributed by atoms with Gasteiger partial charge in [-0.15, -0.1) is 0 Å². The van der Waals surface area contributed by atoms with E-state index in [0.717, 1.165) is 5.56 Å². The lowest BCUT2D eigenvalue weighted by atomic mass is 10.0. The first kappa shape index (κ1) is 21.7. The highest BCUT2D eigenvalue weighted by Crippen LogP contribution is 2.35. The normalized spacial score (nSPS) is 24.7. The van der Waals surface area contributed by atoms with Crippen LogP contribution < -0.4 is 19.5 Å². The molecule has 2 heterocycles. The molecule has 4 rings (SSSR count). The van der Waals surface area contributed by atoms with Crippen LogP contribution in [0.4, 0.5) is 0 Å². The molecule has 0 saturated heterocycles. The molecule has 0 unspecified atom stereocenters. The Balaban J connectivity index is 1.64. The summed E-state index contributed by atoms with van der Waals surface area (Å²) in [6.45, 7) is 3.89. The minimum Gasteiger partial charge on any atom is -0.490 e. The molecule has 0 aromatic heterocycles. The Morgan fingerprint density at radius 2 is 1.69 bits per heavy atom. The predicted octanol–water partition coefficient (Wildman–Crippen LogP) is 3.85. The lowest BCUT2D eigenvalue weighted by Crippen LogP contribution is -2.47. The zero-order chi connectivity index (χ0) is 22.7. The first-order chi connectivity index (χ1) is 15.4. The van der Waals surface area contributed by atoms with Crippen molar-refractivity contribution in [2.24, 2.45) is 0 Å². The zero-order valence-electron chi connectivity index (χ0n) is 18.5. The molecule has 0 radical (unpaired) electrons. The van der Waals surface area contributed by atoms with Crippen molar-refractivity contribution < 1.29 is 23.8 Å². The molecule has 2 aromatic rings. The predicted molar refractivity (Wildman–Crippen MR) is 120 cm³/mol.